The Morgan fingerprint density at radius 3 is 2.55 bits per heavy atom. The fourth-order valence-electron chi connectivity index (χ4n) is 4.97. The number of aromatic nitrogens is 4. The molecule has 4 aromatic rings. The highest BCUT2D eigenvalue weighted by Gasteiger charge is 2.80. The lowest BCUT2D eigenvalue weighted by Crippen LogP contribution is -2.53. The zero-order valence-corrected chi connectivity index (χ0v) is 20.0. The van der Waals surface area contributed by atoms with Gasteiger partial charge in [-0.05, 0) is 27.9 Å². The molecule has 1 saturated carbocycles. The lowest BCUT2D eigenvalue weighted by atomic mass is 9.92. The second kappa shape index (κ2) is 8.30. The number of ether oxygens (including phenoxy) is 2. The van der Waals surface area contributed by atoms with E-state index in [4.69, 9.17) is 26.8 Å². The van der Waals surface area contributed by atoms with Gasteiger partial charge in [-0.15, -0.1) is 0 Å². The van der Waals surface area contributed by atoms with E-state index in [-0.39, 0.29) is 22.3 Å². The van der Waals surface area contributed by atoms with Gasteiger partial charge in [-0.1, -0.05) is 42.5 Å². The topological polar surface area (TPSA) is 183 Å². The van der Waals surface area contributed by atoms with Crippen molar-refractivity contribution in [3.63, 3.8) is 0 Å². The molecule has 0 amide bonds. The smallest absolute Gasteiger partial charge is 0.348 e. The molecule has 2 fully saturated rings. The molecule has 5 atom stereocenters. The summed E-state index contributed by atoms with van der Waals surface area (Å²) in [4.78, 5) is 36.4. The zero-order valence-electron chi connectivity index (χ0n) is 19.2. The average molecular weight is 544 g/mol. The number of carboxylic acids is 2. The number of nitrogen functional groups attached to an aromatic ring is 1. The summed E-state index contributed by atoms with van der Waals surface area (Å²) in [5.74, 6) is -3.65. The number of rotatable bonds is 7. The van der Waals surface area contributed by atoms with Crippen molar-refractivity contribution in [3.05, 3.63) is 59.6 Å². The van der Waals surface area contributed by atoms with E-state index in [0.717, 1.165) is 10.8 Å². The molecule has 0 radical (unpaired) electrons. The van der Waals surface area contributed by atoms with Crippen molar-refractivity contribution in [2.45, 2.75) is 42.2 Å². The van der Waals surface area contributed by atoms with Gasteiger partial charge < -0.3 is 30.5 Å². The second-order valence-electron chi connectivity index (χ2n) is 9.27. The van der Waals surface area contributed by atoms with E-state index >= 15 is 4.39 Å². The van der Waals surface area contributed by atoms with E-state index in [1.54, 1.807) is 30.3 Å². The van der Waals surface area contributed by atoms with Crippen LogP contribution >= 0.6 is 11.6 Å². The van der Waals surface area contributed by atoms with E-state index in [1.165, 1.54) is 10.9 Å². The summed E-state index contributed by atoms with van der Waals surface area (Å²) in [7, 11) is 0. The van der Waals surface area contributed by atoms with E-state index in [1.807, 2.05) is 12.1 Å². The van der Waals surface area contributed by atoms with Crippen molar-refractivity contribution in [1.29, 1.82) is 0 Å². The molecule has 38 heavy (non-hydrogen) atoms. The first-order valence-electron chi connectivity index (χ1n) is 11.4. The summed E-state index contributed by atoms with van der Waals surface area (Å²) >= 11 is 5.86. The van der Waals surface area contributed by atoms with Crippen LogP contribution in [0.5, 0.6) is 0 Å². The van der Waals surface area contributed by atoms with Crippen LogP contribution in [0.15, 0.2) is 48.8 Å². The summed E-state index contributed by atoms with van der Waals surface area (Å²) in [6.45, 7) is 0. The number of aliphatic hydroxyl groups is 1. The third-order valence-electron chi connectivity index (χ3n) is 7.04. The van der Waals surface area contributed by atoms with Crippen molar-refractivity contribution in [3.8, 4) is 0 Å². The van der Waals surface area contributed by atoms with Crippen LogP contribution in [-0.2, 0) is 25.5 Å². The fourth-order valence-corrected chi connectivity index (χ4v) is 5.14. The van der Waals surface area contributed by atoms with Gasteiger partial charge in [0.1, 0.15) is 17.7 Å². The Morgan fingerprint density at radius 1 is 1.18 bits per heavy atom. The molecule has 1 saturated heterocycles. The number of hydrogen-bond acceptors (Lipinski definition) is 9. The zero-order chi connectivity index (χ0) is 27.0. The molecule has 0 spiro atoms. The van der Waals surface area contributed by atoms with Gasteiger partial charge in [0.15, 0.2) is 29.5 Å². The largest absolute Gasteiger partial charge is 0.479 e. The Bertz CT molecular complexity index is 1620. The first-order valence-corrected chi connectivity index (χ1v) is 11.7. The first kappa shape index (κ1) is 24.4. The number of aliphatic carboxylic acids is 2. The number of alkyl halides is 1. The number of nitrogens with two attached hydrogens (primary N) is 1. The van der Waals surface area contributed by atoms with Crippen molar-refractivity contribution >= 4 is 51.3 Å². The standard InChI is InChI=1S/C24H19ClFN5O7/c25-22-29-17(27)13-18(30-22)31(9-28-13)19-14(26)24(36)15(37-19)16(24)38-23(20(32)33,21(34)35)8-10-5-6-11-3-1-2-4-12(11)7-10/h1-7,9,14-16,19,36H,8H2,(H,32,33)(H,34,35)(H2,27,29,30)/t14-,15-,16?,19-,24+/m1/s1. The molecule has 2 aliphatic rings. The number of hydrogen-bond donors (Lipinski definition) is 4. The Hall–Kier alpha value is -3.91. The highest BCUT2D eigenvalue weighted by Crippen LogP contribution is 2.58. The third kappa shape index (κ3) is 3.43. The first-order chi connectivity index (χ1) is 18.1. The van der Waals surface area contributed by atoms with Gasteiger partial charge in [-0.3, -0.25) is 4.57 Å². The van der Waals surface area contributed by atoms with E-state index in [0.29, 0.717) is 5.56 Å². The number of anilines is 1. The SMILES string of the molecule is Nc1nc(Cl)nc2c1ncn2[C@@H]1O[C@@H]2C(OC(Cc3ccc4ccccc4c3)(C(=O)O)C(=O)O)[C@]2(O)[C@@H]1F. The van der Waals surface area contributed by atoms with Crippen LogP contribution in [0, 0.1) is 0 Å². The van der Waals surface area contributed by atoms with Crippen LogP contribution in [0.4, 0.5) is 10.2 Å². The predicted molar refractivity (Wildman–Crippen MR) is 129 cm³/mol. The summed E-state index contributed by atoms with van der Waals surface area (Å²) < 4.78 is 28.0. The number of imidazole rings is 1. The van der Waals surface area contributed by atoms with E-state index in [9.17, 15) is 24.9 Å². The maximum Gasteiger partial charge on any atom is 0.348 e. The Morgan fingerprint density at radius 2 is 1.89 bits per heavy atom. The Kier molecular flexibility index (Phi) is 5.33. The molecule has 1 aliphatic carbocycles. The molecule has 0 bridgehead atoms. The van der Waals surface area contributed by atoms with Crippen molar-refractivity contribution in [1.82, 2.24) is 19.5 Å². The number of carbonyl (C=O) groups is 2. The molecular formula is C24H19ClFN5O7. The van der Waals surface area contributed by atoms with Gasteiger partial charge in [-0.2, -0.15) is 9.97 Å². The van der Waals surface area contributed by atoms with Crippen LogP contribution in [0.3, 0.4) is 0 Å². The molecule has 2 aromatic heterocycles. The quantitative estimate of drug-likeness (QED) is 0.197. The summed E-state index contributed by atoms with van der Waals surface area (Å²) in [6, 6.07) is 12.2. The molecule has 14 heteroatoms. The van der Waals surface area contributed by atoms with Crippen molar-refractivity contribution in [2.24, 2.45) is 0 Å². The maximum atomic E-state index is 15.6. The number of carboxylic acid groups (broad SMARTS) is 2. The molecule has 6 rings (SSSR count). The van der Waals surface area contributed by atoms with Gasteiger partial charge in [0.25, 0.3) is 5.60 Å². The van der Waals surface area contributed by atoms with Crippen LogP contribution in [0.2, 0.25) is 5.28 Å². The average Bonchev–Trinajstić information content (AvgIpc) is 3.12. The molecule has 1 unspecified atom stereocenters. The van der Waals surface area contributed by atoms with Gasteiger partial charge in [-0.25, -0.2) is 19.0 Å². The molecule has 3 heterocycles. The summed E-state index contributed by atoms with van der Waals surface area (Å²) in [5, 5.41) is 32.4. The van der Waals surface area contributed by atoms with Crippen molar-refractivity contribution < 1.29 is 38.8 Å². The van der Waals surface area contributed by atoms with E-state index < -0.39 is 54.2 Å². The predicted octanol–water partition coefficient (Wildman–Crippen LogP) is 1.73. The van der Waals surface area contributed by atoms with Crippen LogP contribution in [0.1, 0.15) is 11.8 Å². The molecular weight excluding hydrogens is 525 g/mol. The van der Waals surface area contributed by atoms with Crippen LogP contribution in [-0.4, -0.2) is 76.4 Å². The summed E-state index contributed by atoms with van der Waals surface area (Å²) in [5.41, 5.74) is 1.20. The fraction of sp³-hybridized carbons (Fsp3) is 0.292. The van der Waals surface area contributed by atoms with Crippen LogP contribution < -0.4 is 5.73 Å². The number of fused-ring (bicyclic) bond motifs is 3. The monoisotopic (exact) mass is 543 g/mol. The Labute approximate surface area is 217 Å². The normalized spacial score (nSPS) is 26.5. The minimum absolute atomic E-state index is 0.0429. The highest BCUT2D eigenvalue weighted by molar-refractivity contribution is 6.28. The van der Waals surface area contributed by atoms with Gasteiger partial charge in [0, 0.05) is 6.42 Å². The van der Waals surface area contributed by atoms with Gasteiger partial charge >= 0.3 is 11.9 Å². The minimum Gasteiger partial charge on any atom is -0.479 e. The molecule has 2 aromatic carbocycles. The molecule has 5 N–H and O–H groups in total. The number of halogens is 2. The maximum absolute atomic E-state index is 15.6. The summed E-state index contributed by atoms with van der Waals surface area (Å²) in [6.07, 6.45) is -5.92. The third-order valence-corrected chi connectivity index (χ3v) is 7.21. The van der Waals surface area contributed by atoms with Gasteiger partial charge in [0.05, 0.1) is 6.33 Å². The van der Waals surface area contributed by atoms with Gasteiger partial charge in [0.2, 0.25) is 5.28 Å². The lowest BCUT2D eigenvalue weighted by Gasteiger charge is -2.29. The second-order valence-corrected chi connectivity index (χ2v) is 9.61. The molecule has 12 nitrogen and oxygen atoms in total. The molecule has 1 aliphatic heterocycles. The minimum atomic E-state index is -2.82. The Balaban J connectivity index is 1.28. The lowest BCUT2D eigenvalue weighted by molar-refractivity contribution is -0.194. The van der Waals surface area contributed by atoms with E-state index in [2.05, 4.69) is 15.0 Å². The molecule has 196 valence electrons. The number of nitrogens with zero attached hydrogens (tertiary/aromatic N) is 4. The highest BCUT2D eigenvalue weighted by atomic mass is 35.5. The van der Waals surface area contributed by atoms with Crippen LogP contribution in [0.25, 0.3) is 21.9 Å². The van der Waals surface area contributed by atoms with Crippen molar-refractivity contribution in [2.75, 3.05) is 5.73 Å². The number of benzene rings is 2.